The van der Waals surface area contributed by atoms with E-state index in [9.17, 15) is 4.79 Å². The number of amides is 1. The minimum atomic E-state index is -0.279. The number of nitrogens with one attached hydrogen (secondary N) is 3. The predicted octanol–water partition coefficient (Wildman–Crippen LogP) is 3.77. The first kappa shape index (κ1) is 22.5. The van der Waals surface area contributed by atoms with E-state index in [-0.39, 0.29) is 24.4 Å². The lowest BCUT2D eigenvalue weighted by molar-refractivity contribution is -0.121. The lowest BCUT2D eigenvalue weighted by Gasteiger charge is -2.23. The summed E-state index contributed by atoms with van der Waals surface area (Å²) in [4.78, 5) is 21.3. The van der Waals surface area contributed by atoms with Crippen LogP contribution in [0.3, 0.4) is 0 Å². The lowest BCUT2D eigenvalue weighted by atomic mass is 9.95. The monoisotopic (exact) mass is 475 g/mol. The molecule has 9 heteroatoms. The third-order valence-corrected chi connectivity index (χ3v) is 7.71. The molecule has 2 unspecified atom stereocenters. The van der Waals surface area contributed by atoms with Gasteiger partial charge in [-0.2, -0.15) is 0 Å². The van der Waals surface area contributed by atoms with E-state index in [0.29, 0.717) is 13.0 Å². The van der Waals surface area contributed by atoms with Crippen LogP contribution in [0.25, 0.3) is 5.00 Å². The van der Waals surface area contributed by atoms with Crippen LogP contribution in [0.1, 0.15) is 63.0 Å². The van der Waals surface area contributed by atoms with E-state index in [1.165, 1.54) is 27.1 Å². The van der Waals surface area contributed by atoms with Crippen LogP contribution >= 0.6 is 11.3 Å². The van der Waals surface area contributed by atoms with Gasteiger partial charge in [-0.05, 0) is 38.8 Å². The molecule has 2 atom stereocenters. The third kappa shape index (κ3) is 4.17. The van der Waals surface area contributed by atoms with Gasteiger partial charge in [0.2, 0.25) is 5.91 Å². The number of aryl methyl sites for hydroxylation is 3. The topological polar surface area (TPSA) is 101 Å². The molecular formula is C25H29N7OS. The van der Waals surface area contributed by atoms with Gasteiger partial charge in [-0.3, -0.25) is 14.7 Å². The standard InChI is InChI=1S/C25H29N7OS/c1-14-5-7-18(8-6-14)23-22-15(2)16(3)34-25(22)32-17(4)30-31-24(32)20(29-23)11-21(33)27-10-9-19-12-26-13-28-19/h5-8,12-13,20,23,29H,9-11H2,1-4H3,(H,26,28)(H,27,33). The van der Waals surface area contributed by atoms with Gasteiger partial charge in [-0.1, -0.05) is 29.8 Å². The number of aromatic nitrogens is 5. The zero-order valence-electron chi connectivity index (χ0n) is 19.8. The fraction of sp³-hybridized carbons (Fsp3) is 0.360. The molecule has 176 valence electrons. The molecule has 0 fully saturated rings. The van der Waals surface area contributed by atoms with Crippen molar-refractivity contribution in [2.45, 2.75) is 52.6 Å². The van der Waals surface area contributed by atoms with E-state index < -0.39 is 0 Å². The Balaban J connectivity index is 1.48. The fourth-order valence-corrected chi connectivity index (χ4v) is 5.79. The van der Waals surface area contributed by atoms with Crippen molar-refractivity contribution in [3.8, 4) is 5.00 Å². The Bertz CT molecular complexity index is 1300. The molecule has 8 nitrogen and oxygen atoms in total. The van der Waals surface area contributed by atoms with Crippen molar-refractivity contribution >= 4 is 17.2 Å². The Morgan fingerprint density at radius 1 is 1.15 bits per heavy atom. The van der Waals surface area contributed by atoms with Crippen LogP contribution in [0.15, 0.2) is 36.8 Å². The molecule has 3 N–H and O–H groups in total. The van der Waals surface area contributed by atoms with Crippen molar-refractivity contribution in [3.05, 3.63) is 81.3 Å². The van der Waals surface area contributed by atoms with Crippen LogP contribution in [-0.2, 0) is 11.2 Å². The van der Waals surface area contributed by atoms with E-state index in [0.717, 1.165) is 22.3 Å². The van der Waals surface area contributed by atoms with Gasteiger partial charge in [0.15, 0.2) is 5.82 Å². The second-order valence-electron chi connectivity index (χ2n) is 8.89. The normalized spacial score (nSPS) is 17.2. The molecule has 5 rings (SSSR count). The molecule has 1 amide bonds. The molecule has 0 saturated carbocycles. The number of imidazole rings is 1. The highest BCUT2D eigenvalue weighted by Gasteiger charge is 2.35. The van der Waals surface area contributed by atoms with Crippen molar-refractivity contribution in [2.75, 3.05) is 6.54 Å². The van der Waals surface area contributed by atoms with Gasteiger partial charge in [-0.15, -0.1) is 21.5 Å². The average molecular weight is 476 g/mol. The highest BCUT2D eigenvalue weighted by atomic mass is 32.1. The number of thiophene rings is 1. The molecule has 0 bridgehead atoms. The average Bonchev–Trinajstić information content (AvgIpc) is 3.51. The minimum absolute atomic E-state index is 0.0231. The van der Waals surface area contributed by atoms with Gasteiger partial charge in [0.25, 0.3) is 0 Å². The van der Waals surface area contributed by atoms with E-state index in [1.807, 2.05) is 6.92 Å². The van der Waals surface area contributed by atoms with Crippen LogP contribution in [0.5, 0.6) is 0 Å². The Labute approximate surface area is 202 Å². The molecule has 1 aliphatic rings. The number of carbonyl (C=O) groups excluding carboxylic acids is 1. The summed E-state index contributed by atoms with van der Waals surface area (Å²) < 4.78 is 2.13. The Hall–Kier alpha value is -3.30. The van der Waals surface area contributed by atoms with Crippen molar-refractivity contribution in [3.63, 3.8) is 0 Å². The van der Waals surface area contributed by atoms with Crippen LogP contribution in [0, 0.1) is 27.7 Å². The maximum atomic E-state index is 13.0. The zero-order chi connectivity index (χ0) is 23.8. The first-order valence-corrected chi connectivity index (χ1v) is 12.3. The molecule has 1 aromatic carbocycles. The fourth-order valence-electron chi connectivity index (χ4n) is 4.53. The van der Waals surface area contributed by atoms with E-state index in [1.54, 1.807) is 23.9 Å². The van der Waals surface area contributed by atoms with Crippen molar-refractivity contribution in [2.24, 2.45) is 0 Å². The molecule has 1 aliphatic heterocycles. The van der Waals surface area contributed by atoms with Gasteiger partial charge in [-0.25, -0.2) is 4.98 Å². The maximum Gasteiger partial charge on any atom is 0.222 e. The number of benzene rings is 1. The minimum Gasteiger partial charge on any atom is -0.356 e. The number of hydrogen-bond acceptors (Lipinski definition) is 6. The molecule has 4 aromatic rings. The van der Waals surface area contributed by atoms with Gasteiger partial charge in [0.05, 0.1) is 18.4 Å². The van der Waals surface area contributed by atoms with Crippen molar-refractivity contribution in [1.82, 2.24) is 35.4 Å². The Kier molecular flexibility index (Phi) is 6.05. The number of fused-ring (bicyclic) bond motifs is 3. The molecule has 0 spiro atoms. The van der Waals surface area contributed by atoms with Gasteiger partial charge < -0.3 is 10.3 Å². The van der Waals surface area contributed by atoms with Crippen LogP contribution in [-0.4, -0.2) is 37.2 Å². The Morgan fingerprint density at radius 2 is 1.94 bits per heavy atom. The quantitative estimate of drug-likeness (QED) is 0.394. The largest absolute Gasteiger partial charge is 0.356 e. The van der Waals surface area contributed by atoms with Crippen molar-refractivity contribution in [1.29, 1.82) is 0 Å². The highest BCUT2D eigenvalue weighted by Crippen LogP contribution is 2.43. The summed E-state index contributed by atoms with van der Waals surface area (Å²) in [6.45, 7) is 8.95. The summed E-state index contributed by atoms with van der Waals surface area (Å²) in [5, 5.41) is 16.8. The molecule has 34 heavy (non-hydrogen) atoms. The van der Waals surface area contributed by atoms with Gasteiger partial charge >= 0.3 is 0 Å². The van der Waals surface area contributed by atoms with Gasteiger partial charge in [0.1, 0.15) is 10.8 Å². The third-order valence-electron chi connectivity index (χ3n) is 6.51. The number of hydrogen-bond donors (Lipinski definition) is 3. The van der Waals surface area contributed by atoms with Crippen LogP contribution < -0.4 is 10.6 Å². The number of H-pyrrole nitrogens is 1. The van der Waals surface area contributed by atoms with Crippen molar-refractivity contribution < 1.29 is 4.79 Å². The smallest absolute Gasteiger partial charge is 0.222 e. The zero-order valence-corrected chi connectivity index (χ0v) is 20.7. The summed E-state index contributed by atoms with van der Waals surface area (Å²) in [7, 11) is 0. The maximum absolute atomic E-state index is 13.0. The summed E-state index contributed by atoms with van der Waals surface area (Å²) in [6.07, 6.45) is 4.41. The van der Waals surface area contributed by atoms with E-state index >= 15 is 0 Å². The molecular weight excluding hydrogens is 446 g/mol. The summed E-state index contributed by atoms with van der Waals surface area (Å²) >= 11 is 1.76. The molecule has 3 aromatic heterocycles. The predicted molar refractivity (Wildman–Crippen MR) is 132 cm³/mol. The van der Waals surface area contributed by atoms with Gasteiger partial charge in [0, 0.05) is 41.7 Å². The molecule has 4 heterocycles. The van der Waals surface area contributed by atoms with Crippen LogP contribution in [0.4, 0.5) is 0 Å². The van der Waals surface area contributed by atoms with E-state index in [2.05, 4.69) is 80.4 Å². The summed E-state index contributed by atoms with van der Waals surface area (Å²) in [6, 6.07) is 8.29. The second kappa shape index (κ2) is 9.15. The first-order chi connectivity index (χ1) is 16.4. The summed E-state index contributed by atoms with van der Waals surface area (Å²) in [5.41, 5.74) is 5.89. The van der Waals surface area contributed by atoms with Crippen LogP contribution in [0.2, 0.25) is 0 Å². The lowest BCUT2D eigenvalue weighted by Crippen LogP contribution is -2.34. The Morgan fingerprint density at radius 3 is 2.68 bits per heavy atom. The number of aromatic amines is 1. The SMILES string of the molecule is Cc1ccc(C2NC(CC(=O)NCCc3cnc[nH]3)c3nnc(C)n3-c3sc(C)c(C)c32)cc1. The molecule has 0 aliphatic carbocycles. The highest BCUT2D eigenvalue weighted by molar-refractivity contribution is 7.14. The van der Waals surface area contributed by atoms with E-state index in [4.69, 9.17) is 0 Å². The number of nitrogens with zero attached hydrogens (tertiary/aromatic N) is 4. The number of carbonyl (C=O) groups is 1. The summed E-state index contributed by atoms with van der Waals surface area (Å²) in [5.74, 6) is 1.58. The second-order valence-corrected chi connectivity index (χ2v) is 10.1. The molecule has 0 radical (unpaired) electrons. The molecule has 0 saturated heterocycles. The first-order valence-electron chi connectivity index (χ1n) is 11.5. The number of rotatable bonds is 6.